The van der Waals surface area contributed by atoms with Gasteiger partial charge < -0.3 is 20.0 Å². The Bertz CT molecular complexity index is 1430. The van der Waals surface area contributed by atoms with Gasteiger partial charge in [-0.3, -0.25) is 14.5 Å². The molecule has 4 amide bonds. The number of para-hydroxylation sites is 2. The van der Waals surface area contributed by atoms with Gasteiger partial charge in [-0.2, -0.15) is 0 Å². The van der Waals surface area contributed by atoms with Crippen LogP contribution in [0.5, 0.6) is 0 Å². The molecule has 0 aliphatic carbocycles. The highest BCUT2D eigenvalue weighted by Crippen LogP contribution is 2.33. The van der Waals surface area contributed by atoms with E-state index in [9.17, 15) is 14.4 Å². The predicted molar refractivity (Wildman–Crippen MR) is 143 cm³/mol. The largest absolute Gasteiger partial charge is 0.458 e. The van der Waals surface area contributed by atoms with Gasteiger partial charge in [-0.25, -0.2) is 4.79 Å². The van der Waals surface area contributed by atoms with Crippen LogP contribution in [0.4, 0.5) is 21.9 Å². The molecule has 1 aliphatic rings. The second-order valence-corrected chi connectivity index (χ2v) is 9.49. The number of furan rings is 1. The number of rotatable bonds is 7. The van der Waals surface area contributed by atoms with E-state index in [0.717, 1.165) is 21.7 Å². The Morgan fingerprint density at radius 3 is 2.30 bits per heavy atom. The summed E-state index contributed by atoms with van der Waals surface area (Å²) in [4.78, 5) is 42.2. The lowest BCUT2D eigenvalue weighted by Gasteiger charge is -2.28. The number of benzene rings is 3. The minimum atomic E-state index is -1.40. The highest BCUT2D eigenvalue weighted by Gasteiger charge is 2.52. The molecule has 37 heavy (non-hydrogen) atoms. The van der Waals surface area contributed by atoms with Crippen LogP contribution >= 0.6 is 0 Å². The van der Waals surface area contributed by atoms with E-state index >= 15 is 0 Å². The first kappa shape index (κ1) is 24.1. The number of hydrogen-bond donors (Lipinski definition) is 2. The van der Waals surface area contributed by atoms with Crippen molar-refractivity contribution < 1.29 is 18.8 Å². The first-order valence-electron chi connectivity index (χ1n) is 12.1. The van der Waals surface area contributed by atoms with Crippen molar-refractivity contribution in [3.8, 4) is 0 Å². The van der Waals surface area contributed by atoms with Gasteiger partial charge in [0.25, 0.3) is 5.91 Å². The summed E-state index contributed by atoms with van der Waals surface area (Å²) < 4.78 is 5.87. The maximum Gasteiger partial charge on any atom is 0.325 e. The topological polar surface area (TPSA) is 94.9 Å². The first-order chi connectivity index (χ1) is 17.8. The Labute approximate surface area is 214 Å². The quantitative estimate of drug-likeness (QED) is 0.335. The van der Waals surface area contributed by atoms with Crippen molar-refractivity contribution in [1.82, 2.24) is 10.2 Å². The van der Waals surface area contributed by atoms with E-state index in [0.29, 0.717) is 17.0 Å². The van der Waals surface area contributed by atoms with Gasteiger partial charge in [-0.1, -0.05) is 36.4 Å². The average Bonchev–Trinajstić information content (AvgIpc) is 3.41. The molecule has 5 rings (SSSR count). The second-order valence-electron chi connectivity index (χ2n) is 9.49. The Hall–Kier alpha value is -4.59. The molecular formula is C29H28N4O4. The number of nitrogens with one attached hydrogen (secondary N) is 2. The van der Waals surface area contributed by atoms with Crippen molar-refractivity contribution in [2.24, 2.45) is 0 Å². The van der Waals surface area contributed by atoms with E-state index < -0.39 is 17.5 Å². The smallest absolute Gasteiger partial charge is 0.325 e. The van der Waals surface area contributed by atoms with Gasteiger partial charge in [0.15, 0.2) is 5.54 Å². The third kappa shape index (κ3) is 4.53. The summed E-state index contributed by atoms with van der Waals surface area (Å²) >= 11 is 0. The van der Waals surface area contributed by atoms with Crippen LogP contribution in [0.3, 0.4) is 0 Å². The number of carbonyl (C=O) groups excluding carboxylic acids is 3. The van der Waals surface area contributed by atoms with Crippen LogP contribution in [-0.4, -0.2) is 35.3 Å². The zero-order valence-corrected chi connectivity index (χ0v) is 20.9. The van der Waals surface area contributed by atoms with E-state index in [1.807, 2.05) is 86.6 Å². The van der Waals surface area contributed by atoms with E-state index in [1.54, 1.807) is 24.0 Å². The molecule has 2 N–H and O–H groups in total. The van der Waals surface area contributed by atoms with Gasteiger partial charge in [0.1, 0.15) is 17.9 Å². The third-order valence-electron chi connectivity index (χ3n) is 6.48. The lowest BCUT2D eigenvalue weighted by molar-refractivity contribution is -0.134. The lowest BCUT2D eigenvalue weighted by atomic mass is 9.99. The zero-order valence-electron chi connectivity index (χ0n) is 20.9. The molecule has 0 radical (unpaired) electrons. The van der Waals surface area contributed by atoms with Crippen molar-refractivity contribution >= 4 is 45.9 Å². The highest BCUT2D eigenvalue weighted by atomic mass is 16.3. The maximum atomic E-state index is 13.4. The van der Waals surface area contributed by atoms with Crippen LogP contribution in [0.15, 0.2) is 89.3 Å². The monoisotopic (exact) mass is 496 g/mol. The second kappa shape index (κ2) is 9.46. The summed E-state index contributed by atoms with van der Waals surface area (Å²) in [7, 11) is 0. The molecule has 2 heterocycles. The number of carbonyl (C=O) groups is 3. The van der Waals surface area contributed by atoms with Crippen molar-refractivity contribution in [3.05, 3.63) is 90.7 Å². The van der Waals surface area contributed by atoms with E-state index in [1.165, 1.54) is 0 Å². The fourth-order valence-corrected chi connectivity index (χ4v) is 4.57. The Balaban J connectivity index is 1.33. The number of anilines is 3. The lowest BCUT2D eigenvalue weighted by Crippen LogP contribution is -2.46. The van der Waals surface area contributed by atoms with Gasteiger partial charge in [0, 0.05) is 28.5 Å². The van der Waals surface area contributed by atoms with Crippen LogP contribution < -0.4 is 15.5 Å². The van der Waals surface area contributed by atoms with Gasteiger partial charge in [0.05, 0.1) is 0 Å². The molecule has 1 fully saturated rings. The average molecular weight is 497 g/mol. The van der Waals surface area contributed by atoms with Crippen molar-refractivity contribution in [2.75, 3.05) is 16.8 Å². The van der Waals surface area contributed by atoms with Crippen LogP contribution in [0.25, 0.3) is 11.0 Å². The van der Waals surface area contributed by atoms with E-state index in [4.69, 9.17) is 4.42 Å². The summed E-state index contributed by atoms with van der Waals surface area (Å²) in [5.41, 5.74) is 1.72. The highest BCUT2D eigenvalue weighted by molar-refractivity contribution is 6.10. The normalized spacial score (nSPS) is 17.4. The SMILES string of the molecule is CC(C)N(C(=O)CN1C(=O)NC(C)(c2cc3ccccc3o2)C1=O)c1ccc(Nc2ccccc2)cc1. The van der Waals surface area contributed by atoms with Gasteiger partial charge in [-0.05, 0) is 69.3 Å². The minimum Gasteiger partial charge on any atom is -0.458 e. The number of imide groups is 1. The standard InChI is InChI=1S/C29H28N4O4/c1-19(2)33(23-15-13-22(14-16-23)30-21-10-5-4-6-11-21)26(34)18-32-27(35)29(3,31-28(32)36)25-17-20-9-7-8-12-24(20)37-25/h4-17,19,30H,18H2,1-3H3,(H,31,36). The summed E-state index contributed by atoms with van der Waals surface area (Å²) in [5.74, 6) is -0.573. The number of nitrogens with zero attached hydrogens (tertiary/aromatic N) is 2. The summed E-state index contributed by atoms with van der Waals surface area (Å²) in [5, 5.41) is 6.86. The molecule has 0 spiro atoms. The van der Waals surface area contributed by atoms with E-state index in [2.05, 4.69) is 10.6 Å². The van der Waals surface area contributed by atoms with Gasteiger partial charge in [-0.15, -0.1) is 0 Å². The molecule has 8 nitrogen and oxygen atoms in total. The van der Waals surface area contributed by atoms with E-state index in [-0.39, 0.29) is 18.5 Å². The third-order valence-corrected chi connectivity index (χ3v) is 6.48. The number of hydrogen-bond acceptors (Lipinski definition) is 5. The number of urea groups is 1. The molecule has 1 aromatic heterocycles. The Morgan fingerprint density at radius 2 is 1.62 bits per heavy atom. The molecule has 0 saturated carbocycles. The van der Waals surface area contributed by atoms with Crippen LogP contribution in [0.1, 0.15) is 26.5 Å². The molecule has 1 unspecified atom stereocenters. The molecule has 4 aromatic rings. The summed E-state index contributed by atoms with van der Waals surface area (Å²) in [6.07, 6.45) is 0. The predicted octanol–water partition coefficient (Wildman–Crippen LogP) is 5.39. The fourth-order valence-electron chi connectivity index (χ4n) is 4.57. The minimum absolute atomic E-state index is 0.192. The molecule has 1 aliphatic heterocycles. The molecule has 1 saturated heterocycles. The molecule has 188 valence electrons. The zero-order chi connectivity index (χ0) is 26.2. The Kier molecular flexibility index (Phi) is 6.17. The molecule has 0 bridgehead atoms. The van der Waals surface area contributed by atoms with Crippen molar-refractivity contribution in [1.29, 1.82) is 0 Å². The molecule has 8 heteroatoms. The van der Waals surface area contributed by atoms with Crippen LogP contribution in [0.2, 0.25) is 0 Å². The van der Waals surface area contributed by atoms with Crippen LogP contribution in [-0.2, 0) is 15.1 Å². The van der Waals surface area contributed by atoms with Crippen molar-refractivity contribution in [2.45, 2.75) is 32.4 Å². The van der Waals surface area contributed by atoms with Crippen molar-refractivity contribution in [3.63, 3.8) is 0 Å². The van der Waals surface area contributed by atoms with Gasteiger partial charge in [0.2, 0.25) is 5.91 Å². The molecular weight excluding hydrogens is 468 g/mol. The number of amides is 4. The Morgan fingerprint density at radius 1 is 0.973 bits per heavy atom. The summed E-state index contributed by atoms with van der Waals surface area (Å²) in [6, 6.07) is 25.5. The summed E-state index contributed by atoms with van der Waals surface area (Å²) in [6.45, 7) is 4.98. The first-order valence-corrected chi connectivity index (χ1v) is 12.1. The van der Waals surface area contributed by atoms with Crippen LogP contribution in [0, 0.1) is 0 Å². The van der Waals surface area contributed by atoms with Gasteiger partial charge >= 0.3 is 6.03 Å². The number of fused-ring (bicyclic) bond motifs is 1. The molecule has 3 aromatic carbocycles. The maximum absolute atomic E-state index is 13.4. The fraction of sp³-hybridized carbons (Fsp3) is 0.207. The molecule has 1 atom stereocenters.